The summed E-state index contributed by atoms with van der Waals surface area (Å²) >= 11 is 1.35. The molecule has 4 unspecified atom stereocenters. The van der Waals surface area contributed by atoms with Crippen LogP contribution in [0, 0.1) is 39.2 Å². The molecule has 4 nitrogen and oxygen atoms in total. The van der Waals surface area contributed by atoms with Gasteiger partial charge in [0.1, 0.15) is 11.5 Å². The SMILES string of the molecule is CC1=C(CCCCSC#N)OC2CCC3=C4C=CC5C[C@@H](O)C[C@H](O)[C@]5(C)C4CC[C@]3(C)C12. The highest BCUT2D eigenvalue weighted by molar-refractivity contribution is 8.03. The molecule has 0 bridgehead atoms. The van der Waals surface area contributed by atoms with Crippen LogP contribution in [0.4, 0.5) is 0 Å². The van der Waals surface area contributed by atoms with E-state index in [1.807, 2.05) is 0 Å². The topological polar surface area (TPSA) is 73.5 Å². The molecule has 0 amide bonds. The van der Waals surface area contributed by atoms with Crippen LogP contribution < -0.4 is 0 Å². The lowest BCUT2D eigenvalue weighted by atomic mass is 9.47. The lowest BCUT2D eigenvalue weighted by molar-refractivity contribution is -0.105. The van der Waals surface area contributed by atoms with E-state index in [1.54, 1.807) is 5.57 Å². The Hall–Kier alpha value is -1.22. The van der Waals surface area contributed by atoms with E-state index >= 15 is 0 Å². The zero-order valence-corrected chi connectivity index (χ0v) is 21.2. The molecular formula is C28H39NO3S. The van der Waals surface area contributed by atoms with Crippen molar-refractivity contribution in [2.24, 2.45) is 28.6 Å². The number of aliphatic hydroxyl groups is 2. The first-order chi connectivity index (χ1) is 15.8. The van der Waals surface area contributed by atoms with E-state index in [4.69, 9.17) is 10.00 Å². The first-order valence-electron chi connectivity index (χ1n) is 13.0. The number of hydrogen-bond donors (Lipinski definition) is 2. The third kappa shape index (κ3) is 3.63. The first-order valence-corrected chi connectivity index (χ1v) is 13.9. The molecule has 0 radical (unpaired) electrons. The van der Waals surface area contributed by atoms with Gasteiger partial charge in [-0.1, -0.05) is 31.6 Å². The van der Waals surface area contributed by atoms with Crippen LogP contribution in [0.2, 0.25) is 0 Å². The molecule has 0 aromatic rings. The van der Waals surface area contributed by atoms with Crippen LogP contribution in [0.3, 0.4) is 0 Å². The van der Waals surface area contributed by atoms with Crippen LogP contribution >= 0.6 is 11.8 Å². The smallest absolute Gasteiger partial charge is 0.133 e. The predicted molar refractivity (Wildman–Crippen MR) is 132 cm³/mol. The maximum Gasteiger partial charge on any atom is 0.133 e. The van der Waals surface area contributed by atoms with E-state index in [1.165, 1.54) is 28.7 Å². The summed E-state index contributed by atoms with van der Waals surface area (Å²) in [6.07, 6.45) is 13.0. The summed E-state index contributed by atoms with van der Waals surface area (Å²) in [4.78, 5) is 0. The summed E-state index contributed by atoms with van der Waals surface area (Å²) in [6.45, 7) is 7.06. The quantitative estimate of drug-likeness (QED) is 0.389. The summed E-state index contributed by atoms with van der Waals surface area (Å²) in [6, 6.07) is 0. The number of nitrogens with zero attached hydrogens (tertiary/aromatic N) is 1. The number of thiocyanates is 1. The van der Waals surface area contributed by atoms with E-state index < -0.39 is 6.10 Å². The van der Waals surface area contributed by atoms with Crippen LogP contribution in [0.15, 0.2) is 34.6 Å². The molecule has 0 aromatic carbocycles. The molecule has 1 aliphatic heterocycles. The van der Waals surface area contributed by atoms with Crippen molar-refractivity contribution in [3.8, 4) is 5.40 Å². The van der Waals surface area contributed by atoms with Crippen LogP contribution in [0.1, 0.15) is 78.6 Å². The second-order valence-electron chi connectivity index (χ2n) is 11.6. The van der Waals surface area contributed by atoms with Gasteiger partial charge < -0.3 is 14.9 Å². The number of thioether (sulfide) groups is 1. The number of fused-ring (bicyclic) bond motifs is 6. The Bertz CT molecular complexity index is 932. The maximum absolute atomic E-state index is 11.1. The third-order valence-electron chi connectivity index (χ3n) is 10.1. The minimum atomic E-state index is -0.445. The molecule has 1 heterocycles. The van der Waals surface area contributed by atoms with Gasteiger partial charge in [0.15, 0.2) is 0 Å². The minimum Gasteiger partial charge on any atom is -0.494 e. The Kier molecular flexibility index (Phi) is 6.25. The van der Waals surface area contributed by atoms with E-state index in [0.717, 1.165) is 57.1 Å². The van der Waals surface area contributed by atoms with E-state index in [9.17, 15) is 10.2 Å². The Morgan fingerprint density at radius 2 is 2.03 bits per heavy atom. The molecule has 2 fully saturated rings. The van der Waals surface area contributed by atoms with E-state index in [0.29, 0.717) is 24.4 Å². The summed E-state index contributed by atoms with van der Waals surface area (Å²) in [5, 5.41) is 32.3. The molecule has 2 N–H and O–H groups in total. The Labute approximate surface area is 203 Å². The number of hydrogen-bond acceptors (Lipinski definition) is 5. The average molecular weight is 470 g/mol. The Balaban J connectivity index is 1.43. The zero-order valence-electron chi connectivity index (χ0n) is 20.3. The molecular weight excluding hydrogens is 430 g/mol. The van der Waals surface area contributed by atoms with E-state index in [-0.39, 0.29) is 22.9 Å². The number of nitriles is 1. The fourth-order valence-electron chi connectivity index (χ4n) is 8.28. The Morgan fingerprint density at radius 3 is 2.82 bits per heavy atom. The van der Waals surface area contributed by atoms with Gasteiger partial charge in [-0.2, -0.15) is 5.26 Å². The molecule has 0 aromatic heterocycles. The largest absolute Gasteiger partial charge is 0.494 e. The normalized spacial score (nSPS) is 43.9. The van der Waals surface area contributed by atoms with Crippen molar-refractivity contribution < 1.29 is 14.9 Å². The van der Waals surface area contributed by atoms with Gasteiger partial charge in [-0.15, -0.1) is 0 Å². The first kappa shape index (κ1) is 23.5. The number of unbranched alkanes of at least 4 members (excludes halogenated alkanes) is 1. The summed E-state index contributed by atoms with van der Waals surface area (Å²) in [7, 11) is 0. The number of rotatable bonds is 5. The molecule has 0 saturated heterocycles. The fourth-order valence-corrected chi connectivity index (χ4v) is 8.72. The second kappa shape index (κ2) is 8.77. The number of ether oxygens (including phenoxy) is 1. The molecule has 180 valence electrons. The number of allylic oxidation sites excluding steroid dienone is 5. The van der Waals surface area contributed by atoms with Gasteiger partial charge in [0.25, 0.3) is 0 Å². The minimum absolute atomic E-state index is 0.129. The predicted octanol–water partition coefficient (Wildman–Crippen LogP) is 5.87. The molecule has 5 heteroatoms. The molecule has 5 aliphatic rings. The maximum atomic E-state index is 11.1. The van der Waals surface area contributed by atoms with Crippen molar-refractivity contribution in [2.45, 2.75) is 96.9 Å². The van der Waals surface area contributed by atoms with Crippen molar-refractivity contribution in [1.29, 1.82) is 5.26 Å². The van der Waals surface area contributed by atoms with E-state index in [2.05, 4.69) is 38.3 Å². The molecule has 33 heavy (non-hydrogen) atoms. The van der Waals surface area contributed by atoms with Gasteiger partial charge in [-0.05, 0) is 98.4 Å². The molecule has 8 atom stereocenters. The van der Waals surface area contributed by atoms with Crippen LogP contribution in [0.25, 0.3) is 0 Å². The van der Waals surface area contributed by atoms with Gasteiger partial charge in [0.05, 0.1) is 18.0 Å². The highest BCUT2D eigenvalue weighted by Crippen LogP contribution is 2.64. The van der Waals surface area contributed by atoms with Gasteiger partial charge in [0, 0.05) is 23.5 Å². The Morgan fingerprint density at radius 1 is 1.21 bits per heavy atom. The van der Waals surface area contributed by atoms with Crippen molar-refractivity contribution in [3.63, 3.8) is 0 Å². The summed E-state index contributed by atoms with van der Waals surface area (Å²) < 4.78 is 6.57. The van der Waals surface area contributed by atoms with Gasteiger partial charge in [-0.3, -0.25) is 0 Å². The van der Waals surface area contributed by atoms with Gasteiger partial charge >= 0.3 is 0 Å². The highest BCUT2D eigenvalue weighted by atomic mass is 32.2. The molecule has 5 rings (SSSR count). The van der Waals surface area contributed by atoms with Crippen molar-refractivity contribution in [1.82, 2.24) is 0 Å². The third-order valence-corrected chi connectivity index (χ3v) is 10.7. The zero-order chi connectivity index (χ0) is 23.4. The molecule has 4 aliphatic carbocycles. The molecule has 0 spiro atoms. The van der Waals surface area contributed by atoms with Crippen LogP contribution in [-0.2, 0) is 4.74 Å². The second-order valence-corrected chi connectivity index (χ2v) is 12.5. The standard InChI is InChI=1S/C28H39NO3S/c1-17-23(6-4-5-13-33-16-29)32-24-10-9-21-20-8-7-18-14-19(30)15-25(31)28(18,3)22(20)11-12-27(21,2)26(17)24/h7-8,18-19,22,24-26,30-31H,4-6,9-15H2,1-3H3/t18?,19-,22?,24?,25+,26?,27+,28+/m1/s1. The van der Waals surface area contributed by atoms with Crippen LogP contribution in [0.5, 0.6) is 0 Å². The van der Waals surface area contributed by atoms with Gasteiger partial charge in [0.2, 0.25) is 0 Å². The highest BCUT2D eigenvalue weighted by Gasteiger charge is 2.58. The summed E-state index contributed by atoms with van der Waals surface area (Å²) in [5.74, 6) is 3.21. The molecule has 2 saturated carbocycles. The number of aliphatic hydroxyl groups excluding tert-OH is 2. The van der Waals surface area contributed by atoms with Crippen molar-refractivity contribution in [3.05, 3.63) is 34.6 Å². The summed E-state index contributed by atoms with van der Waals surface area (Å²) in [5.41, 5.74) is 4.52. The monoisotopic (exact) mass is 469 g/mol. The lowest BCUT2D eigenvalue weighted by Gasteiger charge is -2.58. The lowest BCUT2D eigenvalue weighted by Crippen LogP contribution is -2.55. The van der Waals surface area contributed by atoms with Crippen molar-refractivity contribution >= 4 is 11.8 Å². The van der Waals surface area contributed by atoms with Gasteiger partial charge in [-0.25, -0.2) is 0 Å². The fraction of sp³-hybridized carbons (Fsp3) is 0.750. The average Bonchev–Trinajstić information content (AvgIpc) is 3.11. The van der Waals surface area contributed by atoms with Crippen molar-refractivity contribution in [2.75, 3.05) is 5.75 Å². The van der Waals surface area contributed by atoms with Crippen LogP contribution in [-0.4, -0.2) is 34.3 Å².